The molecule has 2 aromatic rings. The average Bonchev–Trinajstić information content (AvgIpc) is 3.31. The lowest BCUT2D eigenvalue weighted by Crippen LogP contribution is -2.67. The molecule has 4 aliphatic rings. The number of amides is 1. The van der Waals surface area contributed by atoms with Crippen molar-refractivity contribution in [2.24, 2.45) is 0 Å². The van der Waals surface area contributed by atoms with Gasteiger partial charge in [-0.1, -0.05) is 25.0 Å². The van der Waals surface area contributed by atoms with Crippen LogP contribution in [0.1, 0.15) is 31.2 Å². The quantitative estimate of drug-likeness (QED) is 0.740. The summed E-state index contributed by atoms with van der Waals surface area (Å²) in [6.07, 6.45) is 12.2. The van der Waals surface area contributed by atoms with Crippen LogP contribution in [-0.4, -0.2) is 77.1 Å². The standard InChI is InChI=1S/C24H30N8O/c1-30-10-12-31(13-11-30)18-5-7-20(25-15-18)28-23-26-14-17-4-6-19-22(33)27-16-24(8-2-3-9-24)32(19)21(17)29-23/h4-7,14-15,19H,2-3,8-13,16H2,1H3,(H,27,33)(H,25,26,28,29). The molecule has 2 aromatic heterocycles. The highest BCUT2D eigenvalue weighted by Gasteiger charge is 2.49. The average molecular weight is 447 g/mol. The monoisotopic (exact) mass is 446 g/mol. The number of carbonyl (C=O) groups excluding carboxylic acids is 1. The van der Waals surface area contributed by atoms with Crippen molar-refractivity contribution in [2.45, 2.75) is 37.3 Å². The molecule has 0 bridgehead atoms. The molecule has 0 aromatic carbocycles. The summed E-state index contributed by atoms with van der Waals surface area (Å²) in [5.74, 6) is 2.10. The second-order valence-corrected chi connectivity index (χ2v) is 9.61. The van der Waals surface area contributed by atoms with E-state index in [4.69, 9.17) is 4.98 Å². The van der Waals surface area contributed by atoms with Crippen LogP contribution in [0.5, 0.6) is 0 Å². The molecule has 33 heavy (non-hydrogen) atoms. The molecule has 5 heterocycles. The Bertz CT molecular complexity index is 1070. The molecule has 9 nitrogen and oxygen atoms in total. The highest BCUT2D eigenvalue weighted by molar-refractivity contribution is 5.93. The molecule has 3 fully saturated rings. The van der Waals surface area contributed by atoms with Crippen LogP contribution < -0.4 is 20.4 Å². The maximum Gasteiger partial charge on any atom is 0.246 e. The van der Waals surface area contributed by atoms with E-state index < -0.39 is 0 Å². The Morgan fingerprint density at radius 1 is 1.09 bits per heavy atom. The summed E-state index contributed by atoms with van der Waals surface area (Å²) in [6, 6.07) is 3.76. The van der Waals surface area contributed by atoms with E-state index in [-0.39, 0.29) is 17.5 Å². The van der Waals surface area contributed by atoms with Crippen LogP contribution in [0.25, 0.3) is 6.08 Å². The molecular weight excluding hydrogens is 416 g/mol. The smallest absolute Gasteiger partial charge is 0.246 e. The zero-order chi connectivity index (χ0) is 22.4. The molecule has 172 valence electrons. The number of hydrogen-bond acceptors (Lipinski definition) is 8. The third-order valence-electron chi connectivity index (χ3n) is 7.52. The van der Waals surface area contributed by atoms with Gasteiger partial charge in [-0.05, 0) is 32.0 Å². The zero-order valence-electron chi connectivity index (χ0n) is 19.0. The predicted molar refractivity (Wildman–Crippen MR) is 129 cm³/mol. The first kappa shape index (κ1) is 20.4. The van der Waals surface area contributed by atoms with E-state index in [0.29, 0.717) is 18.3 Å². The Kier molecular flexibility index (Phi) is 4.94. The van der Waals surface area contributed by atoms with Crippen molar-refractivity contribution in [1.82, 2.24) is 25.2 Å². The van der Waals surface area contributed by atoms with Crippen LogP contribution in [0.2, 0.25) is 0 Å². The van der Waals surface area contributed by atoms with Gasteiger partial charge >= 0.3 is 0 Å². The number of nitrogens with one attached hydrogen (secondary N) is 2. The number of rotatable bonds is 3. The van der Waals surface area contributed by atoms with E-state index in [1.54, 1.807) is 0 Å². The summed E-state index contributed by atoms with van der Waals surface area (Å²) < 4.78 is 0. The fraction of sp³-hybridized carbons (Fsp3) is 0.500. The molecule has 2 saturated heterocycles. The minimum Gasteiger partial charge on any atom is -0.368 e. The number of nitrogens with zero attached hydrogens (tertiary/aromatic N) is 6. The first-order chi connectivity index (χ1) is 16.1. The Morgan fingerprint density at radius 3 is 2.67 bits per heavy atom. The normalized spacial score (nSPS) is 23.9. The van der Waals surface area contributed by atoms with E-state index in [9.17, 15) is 4.79 Å². The number of anilines is 4. The van der Waals surface area contributed by atoms with Crippen LogP contribution in [0, 0.1) is 0 Å². The van der Waals surface area contributed by atoms with Gasteiger partial charge < -0.3 is 25.3 Å². The maximum absolute atomic E-state index is 12.7. The minimum absolute atomic E-state index is 0.0451. The summed E-state index contributed by atoms with van der Waals surface area (Å²) >= 11 is 0. The molecule has 3 aliphatic heterocycles. The highest BCUT2D eigenvalue weighted by Crippen LogP contribution is 2.43. The van der Waals surface area contributed by atoms with Gasteiger partial charge in [0.05, 0.1) is 17.4 Å². The van der Waals surface area contributed by atoms with Crippen molar-refractivity contribution >= 4 is 35.3 Å². The number of aromatic nitrogens is 3. The van der Waals surface area contributed by atoms with Crippen molar-refractivity contribution in [3.05, 3.63) is 36.2 Å². The summed E-state index contributed by atoms with van der Waals surface area (Å²) in [6.45, 7) is 4.83. The van der Waals surface area contributed by atoms with Crippen molar-refractivity contribution < 1.29 is 4.79 Å². The topological polar surface area (TPSA) is 89.5 Å². The molecule has 1 spiro atoms. The molecule has 9 heteroatoms. The number of piperazine rings is 2. The second-order valence-electron chi connectivity index (χ2n) is 9.61. The molecular formula is C24H30N8O. The lowest BCUT2D eigenvalue weighted by atomic mass is 9.87. The zero-order valence-corrected chi connectivity index (χ0v) is 19.0. The number of pyridine rings is 1. The first-order valence-electron chi connectivity index (χ1n) is 11.9. The third kappa shape index (κ3) is 3.60. The van der Waals surface area contributed by atoms with E-state index >= 15 is 0 Å². The molecule has 1 unspecified atom stereocenters. The summed E-state index contributed by atoms with van der Waals surface area (Å²) in [4.78, 5) is 33.6. The van der Waals surface area contributed by atoms with Gasteiger partial charge in [0.25, 0.3) is 0 Å². The number of fused-ring (bicyclic) bond motifs is 4. The van der Waals surface area contributed by atoms with E-state index in [0.717, 1.165) is 56.1 Å². The fourth-order valence-corrected chi connectivity index (χ4v) is 5.61. The SMILES string of the molecule is CN1CCN(c2ccc(Nc3ncc4c(n3)N3C(C=C4)C(=O)NCC34CCCC4)nc2)CC1. The molecule has 6 rings (SSSR count). The Labute approximate surface area is 193 Å². The number of hydrogen-bond donors (Lipinski definition) is 2. The maximum atomic E-state index is 12.7. The van der Waals surface area contributed by atoms with Gasteiger partial charge in [-0.2, -0.15) is 4.98 Å². The fourth-order valence-electron chi connectivity index (χ4n) is 5.61. The summed E-state index contributed by atoms with van der Waals surface area (Å²) in [5, 5.41) is 6.39. The summed E-state index contributed by atoms with van der Waals surface area (Å²) in [7, 11) is 2.16. The van der Waals surface area contributed by atoms with Gasteiger partial charge in [0, 0.05) is 44.5 Å². The summed E-state index contributed by atoms with van der Waals surface area (Å²) in [5.41, 5.74) is 2.03. The highest BCUT2D eigenvalue weighted by atomic mass is 16.2. The number of carbonyl (C=O) groups is 1. The molecule has 2 N–H and O–H groups in total. The van der Waals surface area contributed by atoms with Crippen molar-refractivity contribution in [3.63, 3.8) is 0 Å². The predicted octanol–water partition coefficient (Wildman–Crippen LogP) is 2.01. The Hall–Kier alpha value is -3.20. The van der Waals surface area contributed by atoms with Gasteiger partial charge in [-0.3, -0.25) is 4.79 Å². The lowest BCUT2D eigenvalue weighted by molar-refractivity contribution is -0.123. The first-order valence-corrected chi connectivity index (χ1v) is 11.9. The van der Waals surface area contributed by atoms with E-state index in [1.165, 1.54) is 12.8 Å². The minimum atomic E-state index is -0.312. The van der Waals surface area contributed by atoms with Crippen LogP contribution in [0.3, 0.4) is 0 Å². The Balaban J connectivity index is 1.25. The largest absolute Gasteiger partial charge is 0.368 e. The molecule has 1 atom stereocenters. The van der Waals surface area contributed by atoms with Gasteiger partial charge in [0.15, 0.2) is 0 Å². The van der Waals surface area contributed by atoms with Gasteiger partial charge in [-0.15, -0.1) is 0 Å². The lowest BCUT2D eigenvalue weighted by Gasteiger charge is -2.50. The van der Waals surface area contributed by atoms with Crippen LogP contribution in [0.4, 0.5) is 23.3 Å². The molecule has 1 amide bonds. The molecule has 0 radical (unpaired) electrons. The van der Waals surface area contributed by atoms with Crippen molar-refractivity contribution in [1.29, 1.82) is 0 Å². The number of likely N-dealkylation sites (N-methyl/N-ethyl adjacent to an activating group) is 1. The third-order valence-corrected chi connectivity index (χ3v) is 7.52. The van der Waals surface area contributed by atoms with Crippen molar-refractivity contribution in [2.75, 3.05) is 54.9 Å². The van der Waals surface area contributed by atoms with Crippen LogP contribution in [0.15, 0.2) is 30.6 Å². The molecule has 1 aliphatic carbocycles. The Morgan fingerprint density at radius 2 is 1.91 bits per heavy atom. The van der Waals surface area contributed by atoms with Gasteiger partial charge in [0.2, 0.25) is 11.9 Å². The van der Waals surface area contributed by atoms with E-state index in [2.05, 4.69) is 48.4 Å². The van der Waals surface area contributed by atoms with E-state index in [1.807, 2.05) is 30.6 Å². The van der Waals surface area contributed by atoms with Gasteiger partial charge in [-0.25, -0.2) is 9.97 Å². The van der Waals surface area contributed by atoms with Gasteiger partial charge in [0.1, 0.15) is 17.7 Å². The second kappa shape index (κ2) is 7.98. The van der Waals surface area contributed by atoms with Crippen LogP contribution >= 0.6 is 0 Å². The molecule has 1 saturated carbocycles. The van der Waals surface area contributed by atoms with Crippen molar-refractivity contribution in [3.8, 4) is 0 Å². The van der Waals surface area contributed by atoms with Crippen LogP contribution in [-0.2, 0) is 4.79 Å².